The molecule has 2 rings (SSSR count). The Labute approximate surface area is 107 Å². The molecule has 7 heteroatoms. The molecule has 0 fully saturated rings. The number of benzene rings is 1. The Morgan fingerprint density at radius 1 is 1.16 bits per heavy atom. The van der Waals surface area contributed by atoms with Crippen molar-refractivity contribution in [2.75, 3.05) is 6.54 Å². The van der Waals surface area contributed by atoms with Crippen LogP contribution in [0.5, 0.6) is 0 Å². The molecule has 1 aromatic heterocycles. The number of hydrogen-bond donors (Lipinski definition) is 1. The Bertz CT molecular complexity index is 551. The Balaban J connectivity index is 2.14. The molecule has 0 aliphatic heterocycles. The Morgan fingerprint density at radius 3 is 2.58 bits per heavy atom. The molecule has 0 bridgehead atoms. The van der Waals surface area contributed by atoms with Gasteiger partial charge in [0.25, 0.3) is 0 Å². The van der Waals surface area contributed by atoms with Gasteiger partial charge in [0.05, 0.1) is 12.0 Å². The van der Waals surface area contributed by atoms with Crippen molar-refractivity contribution in [3.63, 3.8) is 0 Å². The minimum atomic E-state index is -4.35. The predicted octanol–water partition coefficient (Wildman–Crippen LogP) is 2.18. The van der Waals surface area contributed by atoms with E-state index in [2.05, 4.69) is 10.2 Å². The highest BCUT2D eigenvalue weighted by molar-refractivity contribution is 5.27. The number of rotatable bonds is 4. The topological polar surface area (TPSA) is 64.9 Å². The standard InChI is InChI=1S/C12H12F3N3O/c13-12(14,15)9-3-1-2-8(6-9)7-11-18-17-10(19-11)4-5-16/h1-3,6H,4-5,7,16H2. The predicted molar refractivity (Wildman–Crippen MR) is 61.3 cm³/mol. The maximum absolute atomic E-state index is 12.5. The van der Waals surface area contributed by atoms with E-state index in [9.17, 15) is 13.2 Å². The van der Waals surface area contributed by atoms with Gasteiger partial charge in [-0.1, -0.05) is 18.2 Å². The molecular formula is C12H12F3N3O. The number of halogens is 3. The molecular weight excluding hydrogens is 259 g/mol. The minimum absolute atomic E-state index is 0.168. The lowest BCUT2D eigenvalue weighted by Gasteiger charge is -2.07. The van der Waals surface area contributed by atoms with E-state index in [-0.39, 0.29) is 12.3 Å². The van der Waals surface area contributed by atoms with Crippen LogP contribution in [0.15, 0.2) is 28.7 Å². The van der Waals surface area contributed by atoms with Gasteiger partial charge in [-0.25, -0.2) is 0 Å². The van der Waals surface area contributed by atoms with E-state index in [1.807, 2.05) is 0 Å². The fourth-order valence-electron chi connectivity index (χ4n) is 1.62. The highest BCUT2D eigenvalue weighted by Crippen LogP contribution is 2.29. The van der Waals surface area contributed by atoms with Gasteiger partial charge in [-0.3, -0.25) is 0 Å². The van der Waals surface area contributed by atoms with E-state index < -0.39 is 11.7 Å². The van der Waals surface area contributed by atoms with E-state index in [1.165, 1.54) is 6.07 Å². The third-order valence-electron chi connectivity index (χ3n) is 2.48. The van der Waals surface area contributed by atoms with Crippen molar-refractivity contribution >= 4 is 0 Å². The number of alkyl halides is 3. The maximum Gasteiger partial charge on any atom is 0.416 e. The lowest BCUT2D eigenvalue weighted by Crippen LogP contribution is -2.05. The minimum Gasteiger partial charge on any atom is -0.425 e. The van der Waals surface area contributed by atoms with Crippen molar-refractivity contribution in [1.29, 1.82) is 0 Å². The second-order valence-corrected chi connectivity index (χ2v) is 4.00. The van der Waals surface area contributed by atoms with Crippen molar-refractivity contribution in [1.82, 2.24) is 10.2 Å². The van der Waals surface area contributed by atoms with Crippen molar-refractivity contribution < 1.29 is 17.6 Å². The fourth-order valence-corrected chi connectivity index (χ4v) is 1.62. The third kappa shape index (κ3) is 3.54. The summed E-state index contributed by atoms with van der Waals surface area (Å²) in [6, 6.07) is 5.04. The van der Waals surface area contributed by atoms with Crippen molar-refractivity contribution in [3.8, 4) is 0 Å². The van der Waals surface area contributed by atoms with Crippen LogP contribution in [0.3, 0.4) is 0 Å². The van der Waals surface area contributed by atoms with Gasteiger partial charge < -0.3 is 10.2 Å². The van der Waals surface area contributed by atoms with E-state index in [4.69, 9.17) is 10.2 Å². The second kappa shape index (κ2) is 5.40. The summed E-state index contributed by atoms with van der Waals surface area (Å²) >= 11 is 0. The van der Waals surface area contributed by atoms with E-state index in [0.29, 0.717) is 24.4 Å². The second-order valence-electron chi connectivity index (χ2n) is 4.00. The maximum atomic E-state index is 12.5. The molecule has 1 heterocycles. The van der Waals surface area contributed by atoms with Gasteiger partial charge in [-0.05, 0) is 11.6 Å². The average molecular weight is 271 g/mol. The van der Waals surface area contributed by atoms with Gasteiger partial charge in [0.1, 0.15) is 0 Å². The summed E-state index contributed by atoms with van der Waals surface area (Å²) in [5, 5.41) is 7.52. The van der Waals surface area contributed by atoms with Crippen molar-refractivity contribution in [3.05, 3.63) is 47.2 Å². The van der Waals surface area contributed by atoms with Crippen LogP contribution in [0, 0.1) is 0 Å². The number of hydrogen-bond acceptors (Lipinski definition) is 4. The molecule has 0 aliphatic rings. The highest BCUT2D eigenvalue weighted by atomic mass is 19.4. The molecule has 0 unspecified atom stereocenters. The van der Waals surface area contributed by atoms with Crippen LogP contribution in [-0.2, 0) is 19.0 Å². The summed E-state index contributed by atoms with van der Waals surface area (Å²) in [5.74, 6) is 0.673. The molecule has 0 aliphatic carbocycles. The van der Waals surface area contributed by atoms with Crippen LogP contribution in [0.2, 0.25) is 0 Å². The zero-order chi connectivity index (χ0) is 13.9. The van der Waals surface area contributed by atoms with Crippen LogP contribution in [0.1, 0.15) is 22.9 Å². The normalized spacial score (nSPS) is 11.8. The SMILES string of the molecule is NCCc1nnc(Cc2cccc(C(F)(F)F)c2)o1. The van der Waals surface area contributed by atoms with Crippen molar-refractivity contribution in [2.45, 2.75) is 19.0 Å². The summed E-state index contributed by atoms with van der Waals surface area (Å²) < 4.78 is 42.9. The summed E-state index contributed by atoms with van der Waals surface area (Å²) in [4.78, 5) is 0. The van der Waals surface area contributed by atoms with Crippen LogP contribution in [0.25, 0.3) is 0 Å². The lowest BCUT2D eigenvalue weighted by atomic mass is 10.1. The number of nitrogens with two attached hydrogens (primary N) is 1. The summed E-state index contributed by atoms with van der Waals surface area (Å²) in [6.07, 6.45) is -3.73. The molecule has 19 heavy (non-hydrogen) atoms. The lowest BCUT2D eigenvalue weighted by molar-refractivity contribution is -0.137. The highest BCUT2D eigenvalue weighted by Gasteiger charge is 2.30. The van der Waals surface area contributed by atoms with Crippen LogP contribution in [0.4, 0.5) is 13.2 Å². The summed E-state index contributed by atoms with van der Waals surface area (Å²) in [5.41, 5.74) is 5.12. The molecule has 0 saturated heterocycles. The molecule has 102 valence electrons. The number of aromatic nitrogens is 2. The van der Waals surface area contributed by atoms with Gasteiger partial charge >= 0.3 is 6.18 Å². The summed E-state index contributed by atoms with van der Waals surface area (Å²) in [7, 11) is 0. The van der Waals surface area contributed by atoms with Gasteiger partial charge in [0.2, 0.25) is 11.8 Å². The number of nitrogens with zero attached hydrogens (tertiary/aromatic N) is 2. The largest absolute Gasteiger partial charge is 0.425 e. The third-order valence-corrected chi connectivity index (χ3v) is 2.48. The molecule has 2 N–H and O–H groups in total. The van der Waals surface area contributed by atoms with Crippen LogP contribution < -0.4 is 5.73 Å². The van der Waals surface area contributed by atoms with Gasteiger partial charge in [0, 0.05) is 13.0 Å². The fraction of sp³-hybridized carbons (Fsp3) is 0.333. The Kier molecular flexibility index (Phi) is 3.84. The Hall–Kier alpha value is -1.89. The summed E-state index contributed by atoms with van der Waals surface area (Å²) in [6.45, 7) is 0.380. The first-order valence-electron chi connectivity index (χ1n) is 5.66. The first-order chi connectivity index (χ1) is 8.99. The van der Waals surface area contributed by atoms with Crippen LogP contribution >= 0.6 is 0 Å². The molecule has 0 saturated carbocycles. The average Bonchev–Trinajstić information content (AvgIpc) is 2.76. The van der Waals surface area contributed by atoms with Gasteiger partial charge in [0.15, 0.2) is 0 Å². The monoisotopic (exact) mass is 271 g/mol. The molecule has 2 aromatic rings. The van der Waals surface area contributed by atoms with Gasteiger partial charge in [-0.2, -0.15) is 13.2 Å². The molecule has 0 amide bonds. The first kappa shape index (κ1) is 13.5. The van der Waals surface area contributed by atoms with E-state index in [0.717, 1.165) is 12.1 Å². The van der Waals surface area contributed by atoms with Crippen LogP contribution in [-0.4, -0.2) is 16.7 Å². The van der Waals surface area contributed by atoms with Crippen molar-refractivity contribution in [2.24, 2.45) is 5.73 Å². The molecule has 1 aromatic carbocycles. The quantitative estimate of drug-likeness (QED) is 0.925. The molecule has 0 atom stereocenters. The molecule has 4 nitrogen and oxygen atoms in total. The zero-order valence-electron chi connectivity index (χ0n) is 9.94. The van der Waals surface area contributed by atoms with Gasteiger partial charge in [-0.15, -0.1) is 10.2 Å². The smallest absolute Gasteiger partial charge is 0.416 e. The Morgan fingerprint density at radius 2 is 1.89 bits per heavy atom. The van der Waals surface area contributed by atoms with E-state index in [1.54, 1.807) is 6.07 Å². The zero-order valence-corrected chi connectivity index (χ0v) is 9.94. The molecule has 0 spiro atoms. The first-order valence-corrected chi connectivity index (χ1v) is 5.66. The van der Waals surface area contributed by atoms with E-state index >= 15 is 0 Å². The molecule has 0 radical (unpaired) electrons.